The minimum absolute atomic E-state index is 0.00390. The predicted octanol–water partition coefficient (Wildman–Crippen LogP) is -1.17. The standard InChI is InChI=1S/C48H62ClN11O13S2/c1-24(2)12-31-42(67)58-36(41(66)50-4)21-74-75-22-37(59-45(70)34(16-28-19-51-23-52-28)55-43(68)32(53-25(3)61)14-26-8-6-5-7-9-26)48(73)60-20-29(62)17-38(60)47(72)57-33(15-27-10-11-39(63)30(49)13-27)44(69)56-35(18-40(64)65)46(71)54-31/h5-11,13,19,23-24,29,31-38,62-63H,12,14-18,20-22H2,1-4H3,(H,50,66)(H,51,52)(H,53,61)(H,54,71)(H,55,68)(H,56,69)(H,57,72)(H,58,67)(H,59,70)(H,64,65)/t29?,31?,32-,33-,34-,35-,36-,37-,38-/m0/s1. The first kappa shape index (κ1) is 59.0. The molecule has 24 nitrogen and oxygen atoms in total. The number of carbonyl (C=O) groups excluding carboxylic acids is 9. The number of aliphatic hydroxyl groups is 1. The molecule has 2 aliphatic rings. The second-order valence-electron chi connectivity index (χ2n) is 18.4. The summed E-state index contributed by atoms with van der Waals surface area (Å²) in [4.78, 5) is 146. The van der Waals surface area contributed by atoms with Crippen molar-refractivity contribution in [2.24, 2.45) is 5.92 Å². The van der Waals surface area contributed by atoms with Crippen LogP contribution < -0.4 is 42.5 Å². The van der Waals surface area contributed by atoms with Gasteiger partial charge in [0.2, 0.25) is 53.2 Å². The zero-order valence-corrected chi connectivity index (χ0v) is 43.8. The monoisotopic (exact) mass is 1100 g/mol. The van der Waals surface area contributed by atoms with Crippen LogP contribution in [0.25, 0.3) is 0 Å². The zero-order chi connectivity index (χ0) is 54.9. The Bertz CT molecular complexity index is 2540. The number of amides is 9. The molecule has 12 N–H and O–H groups in total. The third-order valence-corrected chi connectivity index (χ3v) is 14.7. The van der Waals surface area contributed by atoms with Gasteiger partial charge in [0.25, 0.3) is 0 Å². The fraction of sp³-hybridized carbons (Fsp3) is 0.479. The van der Waals surface area contributed by atoms with Crippen molar-refractivity contribution in [2.75, 3.05) is 25.1 Å². The van der Waals surface area contributed by atoms with E-state index in [9.17, 15) is 63.3 Å². The first-order chi connectivity index (χ1) is 35.6. The molecule has 2 fully saturated rings. The number of benzene rings is 2. The normalized spacial score (nSPS) is 23.0. The summed E-state index contributed by atoms with van der Waals surface area (Å²) in [6, 6.07) is 1.10. The number of carboxylic acid groups (broad SMARTS) is 1. The molecule has 3 aromatic rings. The van der Waals surface area contributed by atoms with Gasteiger partial charge in [-0.15, -0.1) is 0 Å². The zero-order valence-electron chi connectivity index (χ0n) is 41.4. The number of aliphatic carboxylic acids is 1. The van der Waals surface area contributed by atoms with Crippen LogP contribution in [0.5, 0.6) is 5.75 Å². The highest BCUT2D eigenvalue weighted by atomic mass is 35.5. The maximum Gasteiger partial charge on any atom is 0.305 e. The van der Waals surface area contributed by atoms with E-state index in [2.05, 4.69) is 52.5 Å². The molecule has 2 unspecified atom stereocenters. The van der Waals surface area contributed by atoms with Crippen molar-refractivity contribution in [3.8, 4) is 5.75 Å². The number of aromatic hydroxyl groups is 1. The number of halogens is 1. The Balaban J connectivity index is 1.54. The number of hydrogen-bond acceptors (Lipinski definition) is 15. The van der Waals surface area contributed by atoms with Gasteiger partial charge in [-0.25, -0.2) is 4.98 Å². The number of hydrogen-bond donors (Lipinski definition) is 12. The molecule has 0 saturated carbocycles. The van der Waals surface area contributed by atoms with Gasteiger partial charge in [-0.1, -0.05) is 83.4 Å². The number of rotatable bonds is 16. The lowest BCUT2D eigenvalue weighted by Gasteiger charge is -2.31. The maximum absolute atomic E-state index is 14.9. The lowest BCUT2D eigenvalue weighted by molar-refractivity contribution is -0.142. The minimum atomic E-state index is -1.83. The third-order valence-electron chi connectivity index (χ3n) is 11.9. The Labute approximate surface area is 444 Å². The summed E-state index contributed by atoms with van der Waals surface area (Å²) in [6.45, 7) is 4.31. The SMILES string of the molecule is CNC(=O)[C@@H]1CSSC[C@H](NC(=O)[C@H](Cc2cnc[nH]2)NC(=O)[C@H](Cc2ccccc2)NC(C)=O)C(=O)N2CC(O)C[C@H]2C(=O)N[C@@H](Cc2ccc(O)c(Cl)c2)C(=O)N[C@@H](CC(=O)O)C(=O)NC(CC(C)C)C(=O)N1. The number of phenolic OH excluding ortho intramolecular Hbond substituents is 1. The van der Waals surface area contributed by atoms with Gasteiger partial charge in [-0.2, -0.15) is 0 Å². The molecule has 1 aromatic heterocycles. The van der Waals surface area contributed by atoms with Crippen LogP contribution >= 0.6 is 33.2 Å². The van der Waals surface area contributed by atoms with Gasteiger partial charge < -0.3 is 67.7 Å². The molecule has 9 atom stereocenters. The molecule has 2 saturated heterocycles. The van der Waals surface area contributed by atoms with Crippen LogP contribution in [0.15, 0.2) is 61.1 Å². The Hall–Kier alpha value is -6.90. The van der Waals surface area contributed by atoms with Gasteiger partial charge in [0.1, 0.15) is 54.1 Å². The molecule has 0 bridgehead atoms. The number of likely N-dealkylation sites (N-methyl/N-ethyl adjacent to an activating group) is 1. The van der Waals surface area contributed by atoms with Crippen molar-refractivity contribution in [3.63, 3.8) is 0 Å². The fourth-order valence-corrected chi connectivity index (χ4v) is 10.8. The third kappa shape index (κ3) is 17.9. The fourth-order valence-electron chi connectivity index (χ4n) is 8.24. The van der Waals surface area contributed by atoms with E-state index in [0.717, 1.165) is 26.5 Å². The number of aromatic nitrogens is 2. The van der Waals surface area contributed by atoms with E-state index in [1.807, 2.05) is 0 Å². The number of aliphatic hydroxyl groups excluding tert-OH is 1. The topological polar surface area (TPSA) is 360 Å². The van der Waals surface area contributed by atoms with Crippen LogP contribution in [0.2, 0.25) is 5.02 Å². The molecule has 3 heterocycles. The number of nitrogens with one attached hydrogen (secondary N) is 9. The average Bonchev–Trinajstić information content (AvgIpc) is 4.03. The van der Waals surface area contributed by atoms with Crippen molar-refractivity contribution in [3.05, 3.63) is 82.9 Å². The summed E-state index contributed by atoms with van der Waals surface area (Å²) in [5.74, 6) is -10.1. The number of carbonyl (C=O) groups is 10. The van der Waals surface area contributed by atoms with E-state index >= 15 is 0 Å². The van der Waals surface area contributed by atoms with Crippen molar-refractivity contribution in [1.29, 1.82) is 0 Å². The first-order valence-corrected chi connectivity index (χ1v) is 26.7. The highest BCUT2D eigenvalue weighted by Gasteiger charge is 2.44. The lowest BCUT2D eigenvalue weighted by atomic mass is 10.0. The van der Waals surface area contributed by atoms with Gasteiger partial charge in [0.05, 0.1) is 23.9 Å². The van der Waals surface area contributed by atoms with Gasteiger partial charge in [0, 0.05) is 69.6 Å². The Morgan fingerprint density at radius 2 is 1.48 bits per heavy atom. The van der Waals surface area contributed by atoms with Crippen molar-refractivity contribution in [1.82, 2.24) is 57.4 Å². The molecule has 27 heteroatoms. The summed E-state index contributed by atoms with van der Waals surface area (Å²) in [7, 11) is 3.34. The minimum Gasteiger partial charge on any atom is -0.506 e. The molecule has 0 spiro atoms. The van der Waals surface area contributed by atoms with Crippen LogP contribution in [-0.4, -0.2) is 169 Å². The van der Waals surface area contributed by atoms with Gasteiger partial charge in [0.15, 0.2) is 0 Å². The molecule has 0 aliphatic carbocycles. The highest BCUT2D eigenvalue weighted by molar-refractivity contribution is 8.76. The summed E-state index contributed by atoms with van der Waals surface area (Å²) in [5.41, 5.74) is 1.39. The van der Waals surface area contributed by atoms with Crippen molar-refractivity contribution < 1.29 is 63.3 Å². The molecule has 406 valence electrons. The average molecular weight is 1100 g/mol. The van der Waals surface area contributed by atoms with Crippen LogP contribution in [-0.2, 0) is 67.2 Å². The number of H-pyrrole nitrogens is 1. The van der Waals surface area contributed by atoms with Crippen LogP contribution in [0.4, 0.5) is 0 Å². The summed E-state index contributed by atoms with van der Waals surface area (Å²) < 4.78 is 0. The molecule has 2 aliphatic heterocycles. The van der Waals surface area contributed by atoms with Crippen molar-refractivity contribution in [2.45, 2.75) is 114 Å². The molecular weight excluding hydrogens is 1040 g/mol. The van der Waals surface area contributed by atoms with Gasteiger partial charge >= 0.3 is 5.97 Å². The molecule has 0 radical (unpaired) electrons. The maximum atomic E-state index is 14.9. The van der Waals surface area contributed by atoms with E-state index in [4.69, 9.17) is 11.6 Å². The van der Waals surface area contributed by atoms with E-state index < -0.39 is 127 Å². The lowest BCUT2D eigenvalue weighted by Crippen LogP contribution is -2.61. The second-order valence-corrected chi connectivity index (χ2v) is 21.3. The van der Waals surface area contributed by atoms with E-state index in [1.54, 1.807) is 44.2 Å². The smallest absolute Gasteiger partial charge is 0.305 e. The van der Waals surface area contributed by atoms with E-state index in [0.29, 0.717) is 11.3 Å². The highest BCUT2D eigenvalue weighted by Crippen LogP contribution is 2.27. The number of carboxylic acids is 1. The Morgan fingerprint density at radius 1 is 0.827 bits per heavy atom. The molecule has 5 rings (SSSR count). The molecular formula is C48H62ClN11O13S2. The predicted molar refractivity (Wildman–Crippen MR) is 275 cm³/mol. The van der Waals surface area contributed by atoms with Crippen LogP contribution in [0.3, 0.4) is 0 Å². The molecule has 9 amide bonds. The molecule has 2 aromatic carbocycles. The second kappa shape index (κ2) is 28.1. The van der Waals surface area contributed by atoms with E-state index in [1.165, 1.54) is 44.7 Å². The Morgan fingerprint density at radius 3 is 2.12 bits per heavy atom. The summed E-state index contributed by atoms with van der Waals surface area (Å²) >= 11 is 6.19. The summed E-state index contributed by atoms with van der Waals surface area (Å²) in [5, 5.41) is 51.5. The number of nitrogens with zero attached hydrogens (tertiary/aromatic N) is 2. The summed E-state index contributed by atoms with van der Waals surface area (Å²) in [6.07, 6.45) is -0.335. The van der Waals surface area contributed by atoms with Crippen LogP contribution in [0, 0.1) is 5.92 Å². The number of phenols is 1. The molecule has 75 heavy (non-hydrogen) atoms. The quantitative estimate of drug-likeness (QED) is 0.0753. The van der Waals surface area contributed by atoms with Crippen molar-refractivity contribution >= 4 is 92.3 Å². The van der Waals surface area contributed by atoms with Gasteiger partial charge in [-0.3, -0.25) is 47.9 Å². The Kier molecular flexibility index (Phi) is 22.1. The number of fused-ring (bicyclic) bond motifs is 1. The first-order valence-electron chi connectivity index (χ1n) is 23.9. The van der Waals surface area contributed by atoms with Gasteiger partial charge in [-0.05, 0) is 35.6 Å². The van der Waals surface area contributed by atoms with Crippen LogP contribution in [0.1, 0.15) is 56.9 Å². The number of aromatic amines is 1. The largest absolute Gasteiger partial charge is 0.506 e. The number of imidazole rings is 1. The van der Waals surface area contributed by atoms with E-state index in [-0.39, 0.29) is 65.9 Å².